The molecule has 0 unspecified atom stereocenters. The SMILES string of the molecule is CC[C@@H](C(=O)Nc1ccc(OC(F)(F)F)cc1)N(c1cc(Cl)cc(Cl)c1)S(C)(=O)=O. The van der Waals surface area contributed by atoms with Gasteiger partial charge in [0.2, 0.25) is 15.9 Å². The molecule has 0 heterocycles. The number of rotatable bonds is 7. The highest BCUT2D eigenvalue weighted by Crippen LogP contribution is 2.30. The fourth-order valence-corrected chi connectivity index (χ4v) is 4.40. The molecular formula is C18H17Cl2F3N2O4S. The Labute approximate surface area is 181 Å². The molecule has 0 radical (unpaired) electrons. The number of carbonyl (C=O) groups is 1. The van der Waals surface area contributed by atoms with Crippen molar-refractivity contribution in [3.63, 3.8) is 0 Å². The Kier molecular flexibility index (Phi) is 7.49. The molecule has 2 aromatic carbocycles. The van der Waals surface area contributed by atoms with E-state index in [1.54, 1.807) is 6.92 Å². The molecule has 0 aliphatic rings. The zero-order valence-corrected chi connectivity index (χ0v) is 18.0. The normalized spacial score (nSPS) is 12.9. The number of carbonyl (C=O) groups excluding carboxylic acids is 1. The number of hydrogen-bond acceptors (Lipinski definition) is 4. The lowest BCUT2D eigenvalue weighted by atomic mass is 10.1. The second-order valence-corrected chi connectivity index (χ2v) is 8.90. The first-order chi connectivity index (χ1) is 13.8. The first kappa shape index (κ1) is 24.1. The van der Waals surface area contributed by atoms with E-state index in [4.69, 9.17) is 23.2 Å². The highest BCUT2D eigenvalue weighted by Gasteiger charge is 2.33. The Morgan fingerprint density at radius 3 is 2.10 bits per heavy atom. The summed E-state index contributed by atoms with van der Waals surface area (Å²) in [6, 6.07) is 7.41. The lowest BCUT2D eigenvalue weighted by Crippen LogP contribution is -2.47. The average Bonchev–Trinajstić information content (AvgIpc) is 2.57. The quantitative estimate of drug-likeness (QED) is 0.594. The van der Waals surface area contributed by atoms with E-state index in [-0.39, 0.29) is 27.8 Å². The fourth-order valence-electron chi connectivity index (χ4n) is 2.69. The van der Waals surface area contributed by atoms with Crippen molar-refractivity contribution in [3.8, 4) is 5.75 Å². The summed E-state index contributed by atoms with van der Waals surface area (Å²) in [4.78, 5) is 12.8. The van der Waals surface area contributed by atoms with Crippen molar-refractivity contribution in [1.29, 1.82) is 0 Å². The van der Waals surface area contributed by atoms with E-state index >= 15 is 0 Å². The van der Waals surface area contributed by atoms with Crippen LogP contribution in [-0.2, 0) is 14.8 Å². The van der Waals surface area contributed by atoms with Crippen LogP contribution in [0.3, 0.4) is 0 Å². The van der Waals surface area contributed by atoms with Crippen LogP contribution in [0.2, 0.25) is 10.0 Å². The van der Waals surface area contributed by atoms with Crippen molar-refractivity contribution in [2.75, 3.05) is 15.9 Å². The second kappa shape index (κ2) is 9.32. The van der Waals surface area contributed by atoms with Crippen LogP contribution in [0.15, 0.2) is 42.5 Å². The standard InChI is InChI=1S/C18H17Cl2F3N2O4S/c1-3-16(25(30(2,27)28)14-9-11(19)8-12(20)10-14)17(26)24-13-4-6-15(7-5-13)29-18(21,22)23/h4-10,16H,3H2,1-2H3,(H,24,26)/t16-/m0/s1. The fraction of sp³-hybridized carbons (Fsp3) is 0.278. The van der Waals surface area contributed by atoms with Crippen molar-refractivity contribution >= 4 is 50.5 Å². The highest BCUT2D eigenvalue weighted by molar-refractivity contribution is 7.92. The maximum atomic E-state index is 12.8. The number of hydrogen-bond donors (Lipinski definition) is 1. The van der Waals surface area contributed by atoms with E-state index in [1.165, 1.54) is 30.3 Å². The van der Waals surface area contributed by atoms with E-state index in [0.717, 1.165) is 22.7 Å². The Morgan fingerprint density at radius 2 is 1.67 bits per heavy atom. The number of nitrogens with one attached hydrogen (secondary N) is 1. The van der Waals surface area contributed by atoms with Crippen molar-refractivity contribution in [2.24, 2.45) is 0 Å². The lowest BCUT2D eigenvalue weighted by molar-refractivity contribution is -0.274. The molecule has 0 spiro atoms. The minimum Gasteiger partial charge on any atom is -0.406 e. The summed E-state index contributed by atoms with van der Waals surface area (Å²) in [5.74, 6) is -1.15. The van der Waals surface area contributed by atoms with Crippen LogP contribution in [-0.4, -0.2) is 33.0 Å². The maximum Gasteiger partial charge on any atom is 0.573 e. The molecule has 0 aromatic heterocycles. The number of sulfonamides is 1. The lowest BCUT2D eigenvalue weighted by Gasteiger charge is -2.30. The third-order valence-corrected chi connectivity index (χ3v) is 5.40. The van der Waals surface area contributed by atoms with Gasteiger partial charge in [0.25, 0.3) is 0 Å². The molecule has 2 rings (SSSR count). The van der Waals surface area contributed by atoms with Gasteiger partial charge in [0.15, 0.2) is 0 Å². The van der Waals surface area contributed by atoms with Gasteiger partial charge in [0.1, 0.15) is 11.8 Å². The molecule has 1 atom stereocenters. The van der Waals surface area contributed by atoms with Crippen LogP contribution < -0.4 is 14.4 Å². The summed E-state index contributed by atoms with van der Waals surface area (Å²) in [6.45, 7) is 1.61. The number of anilines is 2. The summed E-state index contributed by atoms with van der Waals surface area (Å²) in [5.41, 5.74) is 0.261. The summed E-state index contributed by atoms with van der Waals surface area (Å²) in [7, 11) is -3.92. The first-order valence-electron chi connectivity index (χ1n) is 8.42. The molecule has 0 bridgehead atoms. The smallest absolute Gasteiger partial charge is 0.406 e. The molecule has 6 nitrogen and oxygen atoms in total. The minimum absolute atomic E-state index is 0.0955. The van der Waals surface area contributed by atoms with Gasteiger partial charge in [-0.3, -0.25) is 9.10 Å². The third-order valence-electron chi connectivity index (χ3n) is 3.79. The van der Waals surface area contributed by atoms with Crippen LogP contribution in [0.25, 0.3) is 0 Å². The molecule has 2 aromatic rings. The molecule has 0 saturated carbocycles. The van der Waals surface area contributed by atoms with Gasteiger partial charge in [-0.2, -0.15) is 0 Å². The highest BCUT2D eigenvalue weighted by atomic mass is 35.5. The molecule has 0 fully saturated rings. The molecule has 1 N–H and O–H groups in total. The summed E-state index contributed by atoms with van der Waals surface area (Å²) >= 11 is 11.9. The number of nitrogens with zero attached hydrogens (tertiary/aromatic N) is 1. The molecule has 0 aliphatic heterocycles. The number of amides is 1. The zero-order chi connectivity index (χ0) is 22.7. The van der Waals surface area contributed by atoms with Gasteiger partial charge >= 0.3 is 6.36 Å². The molecule has 30 heavy (non-hydrogen) atoms. The molecule has 1 amide bonds. The van der Waals surface area contributed by atoms with Crippen molar-refractivity contribution in [1.82, 2.24) is 0 Å². The zero-order valence-electron chi connectivity index (χ0n) is 15.7. The molecule has 12 heteroatoms. The van der Waals surface area contributed by atoms with Crippen LogP contribution in [0.5, 0.6) is 5.75 Å². The van der Waals surface area contributed by atoms with Gasteiger partial charge in [-0.15, -0.1) is 13.2 Å². The first-order valence-corrected chi connectivity index (χ1v) is 11.0. The van der Waals surface area contributed by atoms with Crippen molar-refractivity contribution in [3.05, 3.63) is 52.5 Å². The largest absolute Gasteiger partial charge is 0.573 e. The van der Waals surface area contributed by atoms with Gasteiger partial charge in [-0.05, 0) is 48.9 Å². The number of ether oxygens (including phenoxy) is 1. The summed E-state index contributed by atoms with van der Waals surface area (Å²) < 4.78 is 66.3. The van der Waals surface area contributed by atoms with Crippen LogP contribution in [0, 0.1) is 0 Å². The van der Waals surface area contributed by atoms with Crippen LogP contribution in [0.1, 0.15) is 13.3 Å². The Balaban J connectivity index is 2.30. The molecule has 0 saturated heterocycles. The van der Waals surface area contributed by atoms with E-state index in [1.807, 2.05) is 0 Å². The predicted molar refractivity (Wildman–Crippen MR) is 110 cm³/mol. The van der Waals surface area contributed by atoms with Gasteiger partial charge in [0.05, 0.1) is 11.9 Å². The Bertz CT molecular complexity index is 995. The van der Waals surface area contributed by atoms with Crippen LogP contribution >= 0.6 is 23.2 Å². The Hall–Kier alpha value is -2.17. The number of alkyl halides is 3. The van der Waals surface area contributed by atoms with Crippen molar-refractivity contribution in [2.45, 2.75) is 25.7 Å². The van der Waals surface area contributed by atoms with Gasteiger partial charge in [-0.1, -0.05) is 30.1 Å². The topological polar surface area (TPSA) is 75.7 Å². The van der Waals surface area contributed by atoms with Gasteiger partial charge < -0.3 is 10.1 Å². The molecular weight excluding hydrogens is 468 g/mol. The van der Waals surface area contributed by atoms with E-state index in [9.17, 15) is 26.4 Å². The summed E-state index contributed by atoms with van der Waals surface area (Å²) in [6.07, 6.45) is -3.81. The monoisotopic (exact) mass is 484 g/mol. The summed E-state index contributed by atoms with van der Waals surface area (Å²) in [5, 5.41) is 2.85. The number of benzene rings is 2. The second-order valence-electron chi connectivity index (χ2n) is 6.17. The third kappa shape index (κ3) is 6.68. The van der Waals surface area contributed by atoms with E-state index < -0.39 is 34.1 Å². The van der Waals surface area contributed by atoms with E-state index in [2.05, 4.69) is 10.1 Å². The average molecular weight is 485 g/mol. The maximum absolute atomic E-state index is 12.8. The van der Waals surface area contributed by atoms with Crippen LogP contribution in [0.4, 0.5) is 24.5 Å². The minimum atomic E-state index is -4.84. The molecule has 164 valence electrons. The van der Waals surface area contributed by atoms with Gasteiger partial charge in [0, 0.05) is 15.7 Å². The predicted octanol–water partition coefficient (Wildman–Crippen LogP) is 5.08. The van der Waals surface area contributed by atoms with Gasteiger partial charge in [-0.25, -0.2) is 8.42 Å². The number of halogens is 5. The van der Waals surface area contributed by atoms with Crippen molar-refractivity contribution < 1.29 is 31.1 Å². The van der Waals surface area contributed by atoms with E-state index in [0.29, 0.717) is 0 Å². The molecule has 0 aliphatic carbocycles. The Morgan fingerprint density at radius 1 is 1.13 bits per heavy atom.